The van der Waals surface area contributed by atoms with E-state index in [1.165, 1.54) is 0 Å². The van der Waals surface area contributed by atoms with E-state index in [0.29, 0.717) is 6.42 Å². The molecule has 0 aliphatic rings. The second kappa shape index (κ2) is 5.13. The van der Waals surface area contributed by atoms with E-state index in [1.54, 1.807) is 0 Å². The maximum atomic E-state index is 12.2. The molecular formula is C14H18N2O. The fourth-order valence-corrected chi connectivity index (χ4v) is 2.12. The molecule has 0 radical (unpaired) electrons. The van der Waals surface area contributed by atoms with Crippen molar-refractivity contribution in [1.29, 1.82) is 0 Å². The zero-order valence-corrected chi connectivity index (χ0v) is 10.4. The predicted octanol–water partition coefficient (Wildman–Crippen LogP) is 3.27. The van der Waals surface area contributed by atoms with Crippen LogP contribution < -0.4 is 0 Å². The molecule has 2 heterocycles. The van der Waals surface area contributed by atoms with Crippen LogP contribution in [0.15, 0.2) is 24.4 Å². The van der Waals surface area contributed by atoms with Crippen molar-refractivity contribution >= 4 is 11.3 Å². The number of ketones is 1. The average Bonchev–Trinajstić information content (AvgIpc) is 2.67. The second-order valence-corrected chi connectivity index (χ2v) is 4.28. The van der Waals surface area contributed by atoms with E-state index < -0.39 is 0 Å². The van der Waals surface area contributed by atoms with Gasteiger partial charge in [-0.2, -0.15) is 5.10 Å². The Hall–Kier alpha value is -1.64. The number of aryl methyl sites for hydroxylation is 1. The third-order valence-corrected chi connectivity index (χ3v) is 2.86. The Morgan fingerprint density at radius 2 is 2.12 bits per heavy atom. The van der Waals surface area contributed by atoms with Crippen LogP contribution >= 0.6 is 0 Å². The highest BCUT2D eigenvalue weighted by molar-refractivity contribution is 6.03. The Bertz CT molecular complexity index is 528. The first-order chi connectivity index (χ1) is 8.27. The smallest absolute Gasteiger partial charge is 0.166 e. The van der Waals surface area contributed by atoms with Gasteiger partial charge in [0.05, 0.1) is 16.8 Å². The average molecular weight is 230 g/mol. The molecule has 0 amide bonds. The zero-order chi connectivity index (χ0) is 12.3. The van der Waals surface area contributed by atoms with E-state index >= 15 is 0 Å². The number of hydrogen-bond acceptors (Lipinski definition) is 2. The van der Waals surface area contributed by atoms with Crippen LogP contribution in [0.25, 0.3) is 5.52 Å². The molecule has 0 unspecified atom stereocenters. The van der Waals surface area contributed by atoms with Crippen LogP contribution in [0.5, 0.6) is 0 Å². The topological polar surface area (TPSA) is 34.4 Å². The molecule has 0 saturated carbocycles. The Morgan fingerprint density at radius 3 is 2.82 bits per heavy atom. The Morgan fingerprint density at radius 1 is 1.29 bits per heavy atom. The van der Waals surface area contributed by atoms with Crippen LogP contribution in [0.2, 0.25) is 0 Å². The quantitative estimate of drug-likeness (QED) is 0.739. The lowest BCUT2D eigenvalue weighted by Crippen LogP contribution is -2.01. The number of aromatic nitrogens is 2. The summed E-state index contributed by atoms with van der Waals surface area (Å²) in [4.78, 5) is 12.2. The first-order valence-electron chi connectivity index (χ1n) is 6.27. The van der Waals surface area contributed by atoms with Crippen molar-refractivity contribution in [2.75, 3.05) is 0 Å². The van der Waals surface area contributed by atoms with Crippen LogP contribution in [-0.4, -0.2) is 15.4 Å². The highest BCUT2D eigenvalue weighted by Crippen LogP contribution is 2.19. The highest BCUT2D eigenvalue weighted by atomic mass is 16.1. The summed E-state index contributed by atoms with van der Waals surface area (Å²) < 4.78 is 1.81. The SMILES string of the molecule is CCCC(=O)c1c(CCC)nn2ccccc12. The summed E-state index contributed by atoms with van der Waals surface area (Å²) in [5, 5.41) is 4.50. The summed E-state index contributed by atoms with van der Waals surface area (Å²) in [6.07, 6.45) is 5.27. The number of Topliss-reactive ketones (excluding diaryl/α,β-unsaturated/α-hetero) is 1. The lowest BCUT2D eigenvalue weighted by atomic mass is 10.0. The normalized spacial score (nSPS) is 10.9. The van der Waals surface area contributed by atoms with Crippen molar-refractivity contribution in [2.24, 2.45) is 0 Å². The lowest BCUT2D eigenvalue weighted by Gasteiger charge is -2.00. The van der Waals surface area contributed by atoms with Crippen LogP contribution in [-0.2, 0) is 6.42 Å². The summed E-state index contributed by atoms with van der Waals surface area (Å²) in [7, 11) is 0. The van der Waals surface area contributed by atoms with Gasteiger partial charge in [0.1, 0.15) is 0 Å². The van der Waals surface area contributed by atoms with Gasteiger partial charge in [0.2, 0.25) is 0 Å². The van der Waals surface area contributed by atoms with E-state index in [0.717, 1.165) is 36.0 Å². The summed E-state index contributed by atoms with van der Waals surface area (Å²) in [6.45, 7) is 4.14. The third-order valence-electron chi connectivity index (χ3n) is 2.86. The van der Waals surface area contributed by atoms with Crippen LogP contribution in [0.3, 0.4) is 0 Å². The molecule has 3 heteroatoms. The monoisotopic (exact) mass is 230 g/mol. The first-order valence-corrected chi connectivity index (χ1v) is 6.27. The van der Waals surface area contributed by atoms with E-state index in [2.05, 4.69) is 12.0 Å². The van der Waals surface area contributed by atoms with Crippen molar-refractivity contribution < 1.29 is 4.79 Å². The summed E-state index contributed by atoms with van der Waals surface area (Å²) in [6, 6.07) is 5.86. The summed E-state index contributed by atoms with van der Waals surface area (Å²) in [5.74, 6) is 0.220. The number of pyridine rings is 1. The molecule has 0 bridgehead atoms. The molecule has 0 atom stereocenters. The predicted molar refractivity (Wildman–Crippen MR) is 68.4 cm³/mol. The maximum absolute atomic E-state index is 12.2. The minimum Gasteiger partial charge on any atom is -0.294 e. The van der Waals surface area contributed by atoms with Crippen LogP contribution in [0, 0.1) is 0 Å². The maximum Gasteiger partial charge on any atom is 0.166 e. The summed E-state index contributed by atoms with van der Waals surface area (Å²) >= 11 is 0. The number of carbonyl (C=O) groups is 1. The number of hydrogen-bond donors (Lipinski definition) is 0. The molecule has 2 rings (SSSR count). The van der Waals surface area contributed by atoms with Crippen LogP contribution in [0.4, 0.5) is 0 Å². The molecular weight excluding hydrogens is 212 g/mol. The van der Waals surface area contributed by atoms with Gasteiger partial charge < -0.3 is 0 Å². The molecule has 17 heavy (non-hydrogen) atoms. The van der Waals surface area contributed by atoms with Gasteiger partial charge in [0, 0.05) is 12.6 Å². The number of carbonyl (C=O) groups excluding carboxylic acids is 1. The van der Waals surface area contributed by atoms with E-state index in [4.69, 9.17) is 0 Å². The number of rotatable bonds is 5. The summed E-state index contributed by atoms with van der Waals surface area (Å²) in [5.41, 5.74) is 2.71. The molecule has 0 aliphatic heterocycles. The van der Waals surface area contributed by atoms with E-state index in [9.17, 15) is 4.79 Å². The molecule has 90 valence electrons. The molecule has 0 N–H and O–H groups in total. The molecule has 0 aliphatic carbocycles. The standard InChI is InChI=1S/C14H18N2O/c1-3-7-11-14(13(17)8-4-2)12-9-5-6-10-16(12)15-11/h5-6,9-10H,3-4,7-8H2,1-2H3. The van der Waals surface area contributed by atoms with Gasteiger partial charge in [-0.05, 0) is 25.0 Å². The van der Waals surface area contributed by atoms with Crippen molar-refractivity contribution in [2.45, 2.75) is 39.5 Å². The van der Waals surface area contributed by atoms with Gasteiger partial charge in [-0.15, -0.1) is 0 Å². The van der Waals surface area contributed by atoms with Crippen molar-refractivity contribution in [1.82, 2.24) is 9.61 Å². The van der Waals surface area contributed by atoms with Crippen LogP contribution in [0.1, 0.15) is 49.2 Å². The van der Waals surface area contributed by atoms with Gasteiger partial charge in [0.25, 0.3) is 0 Å². The van der Waals surface area contributed by atoms with Crippen molar-refractivity contribution in [3.05, 3.63) is 35.7 Å². The molecule has 0 spiro atoms. The van der Waals surface area contributed by atoms with E-state index in [1.807, 2.05) is 35.8 Å². The van der Waals surface area contributed by atoms with Gasteiger partial charge in [-0.3, -0.25) is 4.79 Å². The molecule has 2 aromatic rings. The fourth-order valence-electron chi connectivity index (χ4n) is 2.12. The van der Waals surface area contributed by atoms with Gasteiger partial charge in [0.15, 0.2) is 5.78 Å². The first kappa shape index (κ1) is 11.8. The van der Waals surface area contributed by atoms with Gasteiger partial charge in [-0.25, -0.2) is 4.52 Å². The van der Waals surface area contributed by atoms with Crippen molar-refractivity contribution in [3.8, 4) is 0 Å². The lowest BCUT2D eigenvalue weighted by molar-refractivity contribution is 0.0982. The number of fused-ring (bicyclic) bond motifs is 1. The number of nitrogens with zero attached hydrogens (tertiary/aromatic N) is 2. The zero-order valence-electron chi connectivity index (χ0n) is 10.4. The minimum atomic E-state index is 0.220. The molecule has 0 aromatic carbocycles. The minimum absolute atomic E-state index is 0.220. The largest absolute Gasteiger partial charge is 0.294 e. The Labute approximate surface area is 101 Å². The molecule has 0 fully saturated rings. The highest BCUT2D eigenvalue weighted by Gasteiger charge is 2.17. The second-order valence-electron chi connectivity index (χ2n) is 4.28. The fraction of sp³-hybridized carbons (Fsp3) is 0.429. The Balaban J connectivity index is 2.55. The molecule has 0 saturated heterocycles. The van der Waals surface area contributed by atoms with Gasteiger partial charge in [-0.1, -0.05) is 26.3 Å². The van der Waals surface area contributed by atoms with E-state index in [-0.39, 0.29) is 5.78 Å². The van der Waals surface area contributed by atoms with Crippen molar-refractivity contribution in [3.63, 3.8) is 0 Å². The molecule has 3 nitrogen and oxygen atoms in total. The molecule has 2 aromatic heterocycles. The third kappa shape index (κ3) is 2.23. The Kier molecular flexibility index (Phi) is 3.57. The van der Waals surface area contributed by atoms with Gasteiger partial charge >= 0.3 is 0 Å².